The number of aliphatic hydroxyl groups is 1. The molecule has 0 bridgehead atoms. The quantitative estimate of drug-likeness (QED) is 0.881. The zero-order valence-corrected chi connectivity index (χ0v) is 10.2. The molecule has 1 aliphatic carbocycles. The average Bonchev–Trinajstić information content (AvgIpc) is 2.97. The number of hydrogen-bond acceptors (Lipinski definition) is 3. The Balaban J connectivity index is 2.41. The first kappa shape index (κ1) is 11.6. The van der Waals surface area contributed by atoms with Gasteiger partial charge in [0.25, 0.3) is 0 Å². The van der Waals surface area contributed by atoms with Gasteiger partial charge in [0.2, 0.25) is 0 Å². The third-order valence-corrected chi connectivity index (χ3v) is 3.22. The van der Waals surface area contributed by atoms with E-state index in [0.717, 1.165) is 18.4 Å². The lowest BCUT2D eigenvalue weighted by Gasteiger charge is -2.16. The topological polar surface area (TPSA) is 38.7 Å². The summed E-state index contributed by atoms with van der Waals surface area (Å²) in [5, 5.41) is 10.5. The van der Waals surface area contributed by atoms with Crippen LogP contribution in [0.2, 0.25) is 5.02 Å². The predicted octanol–water partition coefficient (Wildman–Crippen LogP) is 2.42. The molecule has 1 fully saturated rings. The normalized spacial score (nSPS) is 17.0. The zero-order chi connectivity index (χ0) is 11.8. The third kappa shape index (κ3) is 2.11. The molecule has 0 unspecified atom stereocenters. The van der Waals surface area contributed by atoms with Crippen LogP contribution in [0.15, 0.2) is 12.1 Å². The number of rotatable bonds is 4. The lowest BCUT2D eigenvalue weighted by atomic mass is 10.0. The van der Waals surface area contributed by atoms with Gasteiger partial charge in [0.1, 0.15) is 11.5 Å². The van der Waals surface area contributed by atoms with Gasteiger partial charge in [-0.2, -0.15) is 0 Å². The summed E-state index contributed by atoms with van der Waals surface area (Å²) in [6, 6.07) is 3.53. The summed E-state index contributed by atoms with van der Waals surface area (Å²) in [5.74, 6) is 1.31. The van der Waals surface area contributed by atoms with Crippen molar-refractivity contribution >= 4 is 11.6 Å². The molecule has 3 nitrogen and oxygen atoms in total. The summed E-state index contributed by atoms with van der Waals surface area (Å²) in [7, 11) is 3.17. The van der Waals surface area contributed by atoms with Crippen LogP contribution in [0.5, 0.6) is 11.5 Å². The van der Waals surface area contributed by atoms with E-state index in [2.05, 4.69) is 0 Å². The molecule has 0 aromatic heterocycles. The molecule has 0 radical (unpaired) electrons. The molecule has 16 heavy (non-hydrogen) atoms. The van der Waals surface area contributed by atoms with Crippen LogP contribution >= 0.6 is 11.6 Å². The lowest BCUT2D eigenvalue weighted by Crippen LogP contribution is -2.12. The van der Waals surface area contributed by atoms with Crippen LogP contribution in [0.4, 0.5) is 0 Å². The van der Waals surface area contributed by atoms with Crippen molar-refractivity contribution in [1.82, 2.24) is 0 Å². The van der Waals surface area contributed by atoms with Gasteiger partial charge in [0.15, 0.2) is 0 Å². The maximum atomic E-state index is 9.96. The van der Waals surface area contributed by atoms with Crippen molar-refractivity contribution in [3.05, 3.63) is 22.7 Å². The van der Waals surface area contributed by atoms with Crippen LogP contribution in [-0.4, -0.2) is 24.9 Å². The molecular weight excluding hydrogens is 228 g/mol. The van der Waals surface area contributed by atoms with Crippen molar-refractivity contribution in [2.24, 2.45) is 0 Å². The molecular formula is C12H15ClO3. The lowest BCUT2D eigenvalue weighted by molar-refractivity contribution is 0.148. The minimum atomic E-state index is -0.592. The molecule has 0 saturated heterocycles. The van der Waals surface area contributed by atoms with Crippen LogP contribution in [0.25, 0.3) is 0 Å². The number of ether oxygens (including phenoxy) is 2. The van der Waals surface area contributed by atoms with Gasteiger partial charge in [0.05, 0.1) is 24.8 Å². The van der Waals surface area contributed by atoms with E-state index in [9.17, 15) is 5.11 Å². The van der Waals surface area contributed by atoms with Crippen LogP contribution in [-0.2, 0) is 6.42 Å². The SMILES string of the molecule is COc1ccc(Cl)c(OC)c1CC1(O)CC1. The second kappa shape index (κ2) is 4.15. The van der Waals surface area contributed by atoms with E-state index >= 15 is 0 Å². The van der Waals surface area contributed by atoms with E-state index in [-0.39, 0.29) is 0 Å². The van der Waals surface area contributed by atoms with Crippen molar-refractivity contribution in [1.29, 1.82) is 0 Å². The Bertz CT molecular complexity index is 399. The monoisotopic (exact) mass is 242 g/mol. The van der Waals surface area contributed by atoms with Gasteiger partial charge in [0, 0.05) is 12.0 Å². The van der Waals surface area contributed by atoms with Crippen molar-refractivity contribution < 1.29 is 14.6 Å². The van der Waals surface area contributed by atoms with Gasteiger partial charge >= 0.3 is 0 Å². The molecule has 1 aromatic carbocycles. The van der Waals surface area contributed by atoms with Crippen molar-refractivity contribution in [2.45, 2.75) is 24.9 Å². The summed E-state index contributed by atoms with van der Waals surface area (Å²) < 4.78 is 10.5. The van der Waals surface area contributed by atoms with Gasteiger partial charge in [-0.3, -0.25) is 0 Å². The van der Waals surface area contributed by atoms with Crippen LogP contribution in [0, 0.1) is 0 Å². The molecule has 0 aliphatic heterocycles. The highest BCUT2D eigenvalue weighted by atomic mass is 35.5. The van der Waals surface area contributed by atoms with E-state index in [4.69, 9.17) is 21.1 Å². The Hall–Kier alpha value is -0.930. The van der Waals surface area contributed by atoms with E-state index in [1.807, 2.05) is 0 Å². The Labute approximate surface area is 99.9 Å². The Morgan fingerprint density at radius 2 is 2.00 bits per heavy atom. The maximum Gasteiger partial charge on any atom is 0.144 e. The Morgan fingerprint density at radius 1 is 1.31 bits per heavy atom. The molecule has 1 aliphatic rings. The second-order valence-electron chi connectivity index (χ2n) is 4.16. The molecule has 4 heteroatoms. The van der Waals surface area contributed by atoms with Crippen LogP contribution in [0.3, 0.4) is 0 Å². The molecule has 0 amide bonds. The fourth-order valence-electron chi connectivity index (χ4n) is 1.81. The largest absolute Gasteiger partial charge is 0.496 e. The van der Waals surface area contributed by atoms with Crippen LogP contribution in [0.1, 0.15) is 18.4 Å². The summed E-state index contributed by atoms with van der Waals surface area (Å²) in [6.45, 7) is 0. The van der Waals surface area contributed by atoms with Crippen molar-refractivity contribution in [3.63, 3.8) is 0 Å². The maximum absolute atomic E-state index is 9.96. The van der Waals surface area contributed by atoms with Gasteiger partial charge in [-0.25, -0.2) is 0 Å². The second-order valence-corrected chi connectivity index (χ2v) is 4.57. The number of benzene rings is 1. The smallest absolute Gasteiger partial charge is 0.144 e. The summed E-state index contributed by atoms with van der Waals surface area (Å²) in [6.07, 6.45) is 2.18. The first-order valence-electron chi connectivity index (χ1n) is 5.21. The van der Waals surface area contributed by atoms with E-state index in [1.165, 1.54) is 0 Å². The molecule has 1 saturated carbocycles. The van der Waals surface area contributed by atoms with E-state index in [1.54, 1.807) is 26.4 Å². The molecule has 2 rings (SSSR count). The van der Waals surface area contributed by atoms with Gasteiger partial charge < -0.3 is 14.6 Å². The van der Waals surface area contributed by atoms with Crippen molar-refractivity contribution in [3.8, 4) is 11.5 Å². The van der Waals surface area contributed by atoms with Crippen molar-refractivity contribution in [2.75, 3.05) is 14.2 Å². The first-order valence-corrected chi connectivity index (χ1v) is 5.59. The van der Waals surface area contributed by atoms with Gasteiger partial charge in [-0.05, 0) is 25.0 Å². The zero-order valence-electron chi connectivity index (χ0n) is 9.42. The van der Waals surface area contributed by atoms with E-state index in [0.29, 0.717) is 22.9 Å². The Morgan fingerprint density at radius 3 is 2.50 bits per heavy atom. The first-order chi connectivity index (χ1) is 7.59. The molecule has 1 N–H and O–H groups in total. The highest BCUT2D eigenvalue weighted by Gasteiger charge is 2.41. The highest BCUT2D eigenvalue weighted by Crippen LogP contribution is 2.44. The molecule has 0 atom stereocenters. The highest BCUT2D eigenvalue weighted by molar-refractivity contribution is 6.32. The third-order valence-electron chi connectivity index (χ3n) is 2.93. The predicted molar refractivity (Wildman–Crippen MR) is 62.4 cm³/mol. The minimum Gasteiger partial charge on any atom is -0.496 e. The summed E-state index contributed by atoms with van der Waals surface area (Å²) in [5.41, 5.74) is 0.253. The summed E-state index contributed by atoms with van der Waals surface area (Å²) >= 11 is 6.05. The average molecular weight is 243 g/mol. The molecule has 0 heterocycles. The van der Waals surface area contributed by atoms with Crippen LogP contribution < -0.4 is 9.47 Å². The van der Waals surface area contributed by atoms with Gasteiger partial charge in [-0.15, -0.1) is 0 Å². The van der Waals surface area contributed by atoms with E-state index < -0.39 is 5.60 Å². The number of halogens is 1. The number of methoxy groups -OCH3 is 2. The standard InChI is InChI=1S/C12H15ClO3/c1-15-10-4-3-9(13)11(16-2)8(10)7-12(14)5-6-12/h3-4,14H,5-7H2,1-2H3. The molecule has 88 valence electrons. The minimum absolute atomic E-state index is 0.528. The summed E-state index contributed by atoms with van der Waals surface area (Å²) in [4.78, 5) is 0. The Kier molecular flexibility index (Phi) is 3.00. The van der Waals surface area contributed by atoms with Gasteiger partial charge in [-0.1, -0.05) is 11.6 Å². The fraction of sp³-hybridized carbons (Fsp3) is 0.500. The molecule has 1 aromatic rings. The molecule has 0 spiro atoms. The number of hydrogen-bond donors (Lipinski definition) is 1. The fourth-order valence-corrected chi connectivity index (χ4v) is 2.06.